The van der Waals surface area contributed by atoms with E-state index in [0.29, 0.717) is 63.7 Å². The number of likely N-dealkylation sites (N-methyl/N-ethyl adjacent to an activating group) is 2. The Kier molecular flexibility index (Phi) is 10.7. The average molecular weight is 791 g/mol. The highest BCUT2D eigenvalue weighted by atomic mass is 32.1. The van der Waals surface area contributed by atoms with Crippen LogP contribution in [0.3, 0.4) is 0 Å². The van der Waals surface area contributed by atoms with Crippen molar-refractivity contribution in [1.29, 1.82) is 0 Å². The summed E-state index contributed by atoms with van der Waals surface area (Å²) in [6.07, 6.45) is 2.25. The molecule has 0 radical (unpaired) electrons. The molecule has 2 aliphatic heterocycles. The predicted octanol–water partition coefficient (Wildman–Crippen LogP) is 4.48. The van der Waals surface area contributed by atoms with Gasteiger partial charge in [-0.25, -0.2) is 31.1 Å². The van der Waals surface area contributed by atoms with Crippen LogP contribution in [-0.2, 0) is 13.1 Å². The van der Waals surface area contributed by atoms with Crippen LogP contribution < -0.4 is 31.3 Å². The first-order valence-electron chi connectivity index (χ1n) is 17.4. The molecular formula is C35H36F6N10O3S. The number of fused-ring (bicyclic) bond motifs is 2. The number of carbonyl (C=O) groups excluding carboxylic acids is 1. The van der Waals surface area contributed by atoms with Crippen LogP contribution in [-0.4, -0.2) is 115 Å². The molecule has 0 spiro atoms. The number of hydrogen-bond donors (Lipinski definition) is 2. The minimum atomic E-state index is -1.03. The van der Waals surface area contributed by atoms with Gasteiger partial charge in [0.25, 0.3) is 0 Å². The minimum absolute atomic E-state index is 0.0723. The van der Waals surface area contributed by atoms with Crippen LogP contribution >= 0.6 is 11.3 Å². The van der Waals surface area contributed by atoms with E-state index in [1.165, 1.54) is 15.7 Å². The lowest BCUT2D eigenvalue weighted by molar-refractivity contribution is 0.262. The van der Waals surface area contributed by atoms with Crippen molar-refractivity contribution >= 4 is 61.4 Å². The van der Waals surface area contributed by atoms with Gasteiger partial charge in [0.2, 0.25) is 10.6 Å². The Hall–Kier alpha value is -5.21. The third kappa shape index (κ3) is 7.20. The fourth-order valence-electron chi connectivity index (χ4n) is 7.00. The number of hydrogen-bond acceptors (Lipinski definition) is 10. The van der Waals surface area contributed by atoms with Crippen molar-refractivity contribution in [2.45, 2.75) is 13.1 Å². The minimum Gasteiger partial charge on any atom is -0.364 e. The maximum absolute atomic E-state index is 16.0. The molecule has 5 aromatic rings. The monoisotopic (exact) mass is 790 g/mol. The molecule has 7 rings (SSSR count). The molecule has 2 fully saturated rings. The van der Waals surface area contributed by atoms with Crippen LogP contribution in [0.4, 0.5) is 53.3 Å². The number of carbonyl (C=O) groups is 1. The zero-order chi connectivity index (χ0) is 39.1. The fourth-order valence-corrected chi connectivity index (χ4v) is 7.75. The normalized spacial score (nSPS) is 15.7. The number of halogens is 6. The number of rotatable bonds is 9. The molecule has 13 nitrogen and oxygen atoms in total. The summed E-state index contributed by atoms with van der Waals surface area (Å²) in [4.78, 5) is 47.3. The highest BCUT2D eigenvalue weighted by molar-refractivity contribution is 7.18. The number of aromatic nitrogens is 4. The van der Waals surface area contributed by atoms with Crippen LogP contribution in [0, 0.1) is 23.3 Å². The van der Waals surface area contributed by atoms with Crippen LogP contribution in [0.15, 0.2) is 34.1 Å². The predicted molar refractivity (Wildman–Crippen MR) is 199 cm³/mol. The number of urea groups is 1. The van der Waals surface area contributed by atoms with Crippen LogP contribution in [0.25, 0.3) is 32.4 Å². The number of alkyl halides is 2. The van der Waals surface area contributed by atoms with E-state index in [0.717, 1.165) is 22.9 Å². The Balaban J connectivity index is 1.17. The third-order valence-electron chi connectivity index (χ3n) is 9.87. The number of aryl methyl sites for hydroxylation is 2. The van der Waals surface area contributed by atoms with E-state index >= 15 is 17.6 Å². The van der Waals surface area contributed by atoms with E-state index in [9.17, 15) is 23.2 Å². The summed E-state index contributed by atoms with van der Waals surface area (Å²) in [5.74, 6) is -3.95. The number of nitrogens with zero attached hydrogens (tertiary/aromatic N) is 8. The topological polar surface area (TPSA) is 124 Å². The molecule has 292 valence electrons. The van der Waals surface area contributed by atoms with Crippen LogP contribution in [0.2, 0.25) is 0 Å². The van der Waals surface area contributed by atoms with Crippen molar-refractivity contribution in [3.8, 4) is 10.6 Å². The maximum Gasteiger partial charge on any atom is 0.325 e. The molecule has 2 aromatic carbocycles. The summed E-state index contributed by atoms with van der Waals surface area (Å²) < 4.78 is 92.5. The molecule has 0 bridgehead atoms. The van der Waals surface area contributed by atoms with Crippen molar-refractivity contribution in [2.24, 2.45) is 0 Å². The maximum atomic E-state index is 16.0. The van der Waals surface area contributed by atoms with Crippen LogP contribution in [0.5, 0.6) is 0 Å². The quantitative estimate of drug-likeness (QED) is 0.208. The van der Waals surface area contributed by atoms with Crippen molar-refractivity contribution in [3.63, 3.8) is 0 Å². The second-order valence-corrected chi connectivity index (χ2v) is 14.4. The largest absolute Gasteiger partial charge is 0.364 e. The molecule has 5 heterocycles. The lowest BCUT2D eigenvalue weighted by atomic mass is 10.1. The highest BCUT2D eigenvalue weighted by Gasteiger charge is 2.28. The van der Waals surface area contributed by atoms with E-state index < -0.39 is 71.1 Å². The van der Waals surface area contributed by atoms with Gasteiger partial charge in [0.05, 0.1) is 40.5 Å². The molecule has 55 heavy (non-hydrogen) atoms. The number of piperazine rings is 2. The van der Waals surface area contributed by atoms with Gasteiger partial charge >= 0.3 is 6.03 Å². The number of anilines is 4. The highest BCUT2D eigenvalue weighted by Crippen LogP contribution is 2.34. The molecule has 2 saturated heterocycles. The smallest absolute Gasteiger partial charge is 0.325 e. The zero-order valence-electron chi connectivity index (χ0n) is 29.8. The standard InChI is InChI=1S/C35H36F6N10O3S/c1-46-7-11-48(12-8-46)29-22(38)15-19-27(25(29)40)50(5-3-36)17-21(31(19)52)33-44-45-35(55-33)43-34(54)42-24-18-51(6-4-37)28-20(32(24)53)16-23(39)30(26(28)41)49-13-9-47(2)10-14-49/h15-18H,3-14H2,1-2H3,(H2,42,43,45,54). The summed E-state index contributed by atoms with van der Waals surface area (Å²) in [6, 6.07) is 0.757. The molecular weight excluding hydrogens is 755 g/mol. The van der Waals surface area contributed by atoms with E-state index in [1.54, 1.807) is 4.90 Å². The fraction of sp³-hybridized carbons (Fsp3) is 0.400. The Morgan fingerprint density at radius 3 is 1.71 bits per heavy atom. The second kappa shape index (κ2) is 15.5. The third-order valence-corrected chi connectivity index (χ3v) is 10.7. The Morgan fingerprint density at radius 2 is 1.20 bits per heavy atom. The summed E-state index contributed by atoms with van der Waals surface area (Å²) in [5, 5.41) is 11.5. The number of amides is 2. The lowest BCUT2D eigenvalue weighted by Crippen LogP contribution is -2.45. The van der Waals surface area contributed by atoms with Gasteiger partial charge in [-0.05, 0) is 26.2 Å². The SMILES string of the molecule is CN1CCN(c2c(F)cc3c(=O)c(NC(=O)Nc4nnc(-c5cn(CCF)c6c(F)c(N7CCN(C)CC7)c(F)cc6c5=O)s4)cn(CCF)c3c2F)CC1. The van der Waals surface area contributed by atoms with Gasteiger partial charge in [0.1, 0.15) is 42.0 Å². The Labute approximate surface area is 313 Å². The van der Waals surface area contributed by atoms with Gasteiger partial charge in [0, 0.05) is 64.8 Å². The van der Waals surface area contributed by atoms with E-state index in [-0.39, 0.29) is 50.0 Å². The van der Waals surface area contributed by atoms with Crippen LogP contribution in [0.1, 0.15) is 0 Å². The average Bonchev–Trinajstić information content (AvgIpc) is 3.60. The molecule has 20 heteroatoms. The molecule has 2 amide bonds. The molecule has 0 saturated carbocycles. The number of nitrogens with one attached hydrogen (secondary N) is 2. The first-order chi connectivity index (χ1) is 26.4. The van der Waals surface area contributed by atoms with Gasteiger partial charge in [-0.3, -0.25) is 14.9 Å². The van der Waals surface area contributed by atoms with Crippen molar-refractivity contribution in [1.82, 2.24) is 29.1 Å². The van der Waals surface area contributed by atoms with Gasteiger partial charge in [-0.15, -0.1) is 10.2 Å². The molecule has 2 aliphatic rings. The molecule has 0 aliphatic carbocycles. The number of benzene rings is 2. The number of pyridine rings is 2. The summed E-state index contributed by atoms with van der Waals surface area (Å²) in [5.41, 5.74) is -3.54. The summed E-state index contributed by atoms with van der Waals surface area (Å²) >= 11 is 0.705. The summed E-state index contributed by atoms with van der Waals surface area (Å²) in [6.45, 7) is 0.937. The second-order valence-electron chi connectivity index (χ2n) is 13.4. The Bertz CT molecular complexity index is 2410. The molecule has 0 atom stereocenters. The lowest BCUT2D eigenvalue weighted by Gasteiger charge is -2.34. The van der Waals surface area contributed by atoms with Gasteiger partial charge in [-0.1, -0.05) is 11.3 Å². The van der Waals surface area contributed by atoms with Crippen molar-refractivity contribution in [3.05, 3.63) is 68.2 Å². The molecule has 3 aromatic heterocycles. The molecule has 0 unspecified atom stereocenters. The first kappa shape index (κ1) is 38.1. The van der Waals surface area contributed by atoms with E-state index in [4.69, 9.17) is 0 Å². The van der Waals surface area contributed by atoms with E-state index in [2.05, 4.69) is 20.8 Å². The summed E-state index contributed by atoms with van der Waals surface area (Å²) in [7, 11) is 3.77. The van der Waals surface area contributed by atoms with Gasteiger partial charge in [-0.2, -0.15) is 0 Å². The molecule has 2 N–H and O–H groups in total. The van der Waals surface area contributed by atoms with Gasteiger partial charge < -0.3 is 34.1 Å². The first-order valence-corrected chi connectivity index (χ1v) is 18.2. The van der Waals surface area contributed by atoms with Crippen molar-refractivity contribution in [2.75, 3.05) is 100 Å². The van der Waals surface area contributed by atoms with Gasteiger partial charge in [0.15, 0.2) is 22.1 Å². The Morgan fingerprint density at radius 1 is 0.709 bits per heavy atom. The zero-order valence-corrected chi connectivity index (χ0v) is 30.6. The van der Waals surface area contributed by atoms with E-state index in [1.807, 2.05) is 23.9 Å². The van der Waals surface area contributed by atoms with Crippen molar-refractivity contribution < 1.29 is 31.1 Å².